The van der Waals surface area contributed by atoms with Gasteiger partial charge in [0.05, 0.1) is 30.8 Å². The number of rotatable bonds is 7. The van der Waals surface area contributed by atoms with Crippen LogP contribution >= 0.6 is 0 Å². The second-order valence-electron chi connectivity index (χ2n) is 12.6. The number of nitrogens with zero attached hydrogens (tertiary/aromatic N) is 2. The van der Waals surface area contributed by atoms with Crippen molar-refractivity contribution in [1.82, 2.24) is 36.4 Å². The monoisotopic (exact) mass is 673 g/mol. The topological polar surface area (TPSA) is 173 Å². The Morgan fingerprint density at radius 3 is 2.37 bits per heavy atom. The summed E-state index contributed by atoms with van der Waals surface area (Å²) in [6, 6.07) is 12.7. The third kappa shape index (κ3) is 10.1. The highest BCUT2D eigenvalue weighted by atomic mass is 16.5. The van der Waals surface area contributed by atoms with Crippen molar-refractivity contribution in [3.8, 4) is 5.75 Å². The van der Waals surface area contributed by atoms with E-state index in [0.29, 0.717) is 18.7 Å². The quantitative estimate of drug-likeness (QED) is 0.255. The Hall–Kier alpha value is -5.20. The van der Waals surface area contributed by atoms with Crippen molar-refractivity contribution in [1.29, 1.82) is 0 Å². The van der Waals surface area contributed by atoms with Gasteiger partial charge in [-0.3, -0.25) is 28.7 Å². The van der Waals surface area contributed by atoms with Crippen molar-refractivity contribution in [2.45, 2.75) is 78.6 Å². The summed E-state index contributed by atoms with van der Waals surface area (Å²) in [5, 5.41) is 18.4. The molecule has 49 heavy (non-hydrogen) atoms. The maximum absolute atomic E-state index is 13.6. The zero-order chi connectivity index (χ0) is 35.5. The molecule has 0 spiro atoms. The first-order valence-corrected chi connectivity index (χ1v) is 16.7. The van der Waals surface area contributed by atoms with Gasteiger partial charge in [0.25, 0.3) is 5.91 Å². The molecule has 0 aliphatic carbocycles. The highest BCUT2D eigenvalue weighted by molar-refractivity contribution is 6.01. The van der Waals surface area contributed by atoms with Gasteiger partial charge in [0.15, 0.2) is 0 Å². The Labute approximate surface area is 286 Å². The minimum atomic E-state index is -1.27. The lowest BCUT2D eigenvalue weighted by Crippen LogP contribution is -2.57. The van der Waals surface area contributed by atoms with Crippen LogP contribution in [0.3, 0.4) is 0 Å². The molecule has 13 nitrogen and oxygen atoms in total. The number of hydrogen-bond acceptors (Lipinski definition) is 7. The molecular formula is C36H47N7O6. The summed E-state index contributed by atoms with van der Waals surface area (Å²) < 4.78 is 7.70. The molecule has 1 aliphatic heterocycles. The van der Waals surface area contributed by atoms with Gasteiger partial charge in [-0.2, -0.15) is 5.10 Å². The minimum Gasteiger partial charge on any atom is -0.493 e. The molecule has 0 bridgehead atoms. The molecule has 0 saturated heterocycles. The third-order valence-corrected chi connectivity index (χ3v) is 8.57. The van der Waals surface area contributed by atoms with Crippen molar-refractivity contribution in [3.63, 3.8) is 0 Å². The SMILES string of the molecule is Cc1nn(CCNC(=O)[C@@H]2CC(=O)N[C@H](C(C)C)C(=O)N[C@@H](Cc3ccccc3)C(=O)NCCCOc3ccccc3C(=O)N2)c(C)c1C. The average Bonchev–Trinajstić information content (AvgIpc) is 3.32. The number of nitrogens with one attached hydrogen (secondary N) is 5. The molecule has 5 amide bonds. The number of fused-ring (bicyclic) bond motifs is 1. The lowest BCUT2D eigenvalue weighted by Gasteiger charge is -2.26. The molecule has 262 valence electrons. The van der Waals surface area contributed by atoms with Crippen molar-refractivity contribution < 1.29 is 28.7 Å². The zero-order valence-corrected chi connectivity index (χ0v) is 28.8. The summed E-state index contributed by atoms with van der Waals surface area (Å²) in [6.07, 6.45) is 0.231. The van der Waals surface area contributed by atoms with Crippen LogP contribution in [-0.4, -0.2) is 77.1 Å². The number of carbonyl (C=O) groups is 5. The molecule has 2 aromatic carbocycles. The molecule has 2 heterocycles. The Morgan fingerprint density at radius 2 is 1.67 bits per heavy atom. The maximum Gasteiger partial charge on any atom is 0.255 e. The van der Waals surface area contributed by atoms with Crippen LogP contribution in [0.25, 0.3) is 0 Å². The van der Waals surface area contributed by atoms with E-state index in [2.05, 4.69) is 31.7 Å². The first-order valence-electron chi connectivity index (χ1n) is 16.7. The molecule has 1 aromatic heterocycles. The van der Waals surface area contributed by atoms with Crippen LogP contribution in [0.5, 0.6) is 5.75 Å². The van der Waals surface area contributed by atoms with Gasteiger partial charge < -0.3 is 31.3 Å². The molecule has 5 N–H and O–H groups in total. The molecule has 13 heteroatoms. The van der Waals surface area contributed by atoms with Crippen LogP contribution in [0.15, 0.2) is 54.6 Å². The smallest absolute Gasteiger partial charge is 0.255 e. The minimum absolute atomic E-state index is 0.186. The fourth-order valence-corrected chi connectivity index (χ4v) is 5.50. The van der Waals surface area contributed by atoms with E-state index in [9.17, 15) is 24.0 Å². The number of benzene rings is 2. The van der Waals surface area contributed by atoms with Crippen molar-refractivity contribution in [2.75, 3.05) is 19.7 Å². The van der Waals surface area contributed by atoms with E-state index in [4.69, 9.17) is 4.74 Å². The van der Waals surface area contributed by atoms with Gasteiger partial charge in [0.1, 0.15) is 23.9 Å². The molecular weight excluding hydrogens is 626 g/mol. The van der Waals surface area contributed by atoms with Crippen LogP contribution in [0.4, 0.5) is 0 Å². The molecule has 0 saturated carbocycles. The van der Waals surface area contributed by atoms with Crippen LogP contribution < -0.4 is 31.3 Å². The maximum atomic E-state index is 13.6. The Balaban J connectivity index is 1.58. The first-order chi connectivity index (χ1) is 23.4. The zero-order valence-electron chi connectivity index (χ0n) is 28.8. The van der Waals surface area contributed by atoms with E-state index in [-0.39, 0.29) is 43.5 Å². The van der Waals surface area contributed by atoms with Crippen molar-refractivity contribution >= 4 is 29.5 Å². The summed E-state index contributed by atoms with van der Waals surface area (Å²) >= 11 is 0. The predicted molar refractivity (Wildman–Crippen MR) is 184 cm³/mol. The Bertz CT molecular complexity index is 1640. The van der Waals surface area contributed by atoms with E-state index >= 15 is 0 Å². The number of carbonyl (C=O) groups excluding carboxylic acids is 5. The summed E-state index contributed by atoms with van der Waals surface area (Å²) in [5.74, 6) is -2.77. The fourth-order valence-electron chi connectivity index (χ4n) is 5.50. The fraction of sp³-hybridized carbons (Fsp3) is 0.444. The molecule has 4 rings (SSSR count). The molecule has 0 unspecified atom stereocenters. The third-order valence-electron chi connectivity index (χ3n) is 8.57. The predicted octanol–water partition coefficient (Wildman–Crippen LogP) is 1.88. The summed E-state index contributed by atoms with van der Waals surface area (Å²) in [7, 11) is 0. The number of aromatic nitrogens is 2. The molecule has 3 atom stereocenters. The Kier molecular flexibility index (Phi) is 12.9. The molecule has 0 radical (unpaired) electrons. The normalized spacial score (nSPS) is 19.7. The van der Waals surface area contributed by atoms with E-state index in [1.165, 1.54) is 0 Å². The standard InChI is InChI=1S/C36H47N7O6/c1-22(2)32-36(48)40-28(20-26-12-7-6-8-13-26)34(46)37-16-11-19-49-30-15-10-9-14-27(30)33(45)39-29(21-31(44)41-32)35(47)38-17-18-43-25(5)23(3)24(4)42-43/h6-10,12-15,22,28-29,32H,11,16-21H2,1-5H3,(H,37,46)(H,38,47)(H,39,45)(H,40,48)(H,41,44)/t28-,29-,32+/m0/s1. The highest BCUT2D eigenvalue weighted by Gasteiger charge is 2.32. The van der Waals surface area contributed by atoms with Gasteiger partial charge in [-0.1, -0.05) is 56.3 Å². The van der Waals surface area contributed by atoms with Crippen LogP contribution in [0.1, 0.15) is 59.6 Å². The molecule has 3 aromatic rings. The van der Waals surface area contributed by atoms with Gasteiger partial charge >= 0.3 is 0 Å². The van der Waals surface area contributed by atoms with E-state index in [1.807, 2.05) is 51.1 Å². The van der Waals surface area contributed by atoms with Gasteiger partial charge in [0, 0.05) is 25.2 Å². The van der Waals surface area contributed by atoms with Crippen LogP contribution in [0.2, 0.25) is 0 Å². The Morgan fingerprint density at radius 1 is 0.959 bits per heavy atom. The highest BCUT2D eigenvalue weighted by Crippen LogP contribution is 2.19. The first kappa shape index (κ1) is 36.6. The average molecular weight is 674 g/mol. The van der Waals surface area contributed by atoms with Crippen LogP contribution in [-0.2, 0) is 32.1 Å². The van der Waals surface area contributed by atoms with Crippen molar-refractivity contribution in [3.05, 3.63) is 82.7 Å². The summed E-state index contributed by atoms with van der Waals surface area (Å²) in [5.41, 5.74) is 3.98. The summed E-state index contributed by atoms with van der Waals surface area (Å²) in [6.45, 7) is 10.4. The largest absolute Gasteiger partial charge is 0.493 e. The van der Waals surface area contributed by atoms with Gasteiger partial charge in [-0.15, -0.1) is 0 Å². The van der Waals surface area contributed by atoms with E-state index < -0.39 is 48.2 Å². The van der Waals surface area contributed by atoms with Crippen molar-refractivity contribution in [2.24, 2.45) is 5.92 Å². The van der Waals surface area contributed by atoms with Gasteiger partial charge in [-0.25, -0.2) is 0 Å². The number of para-hydroxylation sites is 1. The number of hydrogen-bond donors (Lipinski definition) is 5. The van der Waals surface area contributed by atoms with E-state index in [1.54, 1.807) is 42.8 Å². The number of ether oxygens (including phenoxy) is 1. The second-order valence-corrected chi connectivity index (χ2v) is 12.6. The lowest BCUT2D eigenvalue weighted by atomic mass is 10.0. The summed E-state index contributed by atoms with van der Waals surface area (Å²) in [4.78, 5) is 67.4. The number of amides is 5. The van der Waals surface area contributed by atoms with E-state index in [0.717, 1.165) is 22.5 Å². The number of aryl methyl sites for hydroxylation is 1. The second kappa shape index (κ2) is 17.3. The van der Waals surface area contributed by atoms with Gasteiger partial charge in [0.2, 0.25) is 23.6 Å². The van der Waals surface area contributed by atoms with Crippen LogP contribution in [0, 0.1) is 26.7 Å². The lowest BCUT2D eigenvalue weighted by molar-refractivity contribution is -0.133. The molecule has 0 fully saturated rings. The van der Waals surface area contributed by atoms with Gasteiger partial charge in [-0.05, 0) is 56.4 Å². The molecule has 1 aliphatic rings.